The summed E-state index contributed by atoms with van der Waals surface area (Å²) in [5.74, 6) is 0.000231. The predicted molar refractivity (Wildman–Crippen MR) is 69.5 cm³/mol. The number of hydrogen-bond acceptors (Lipinski definition) is 3. The van der Waals surface area contributed by atoms with Crippen molar-refractivity contribution in [2.45, 2.75) is 24.3 Å². The molecule has 2 heterocycles. The molecule has 0 spiro atoms. The van der Waals surface area contributed by atoms with E-state index in [0.717, 1.165) is 13.1 Å². The lowest BCUT2D eigenvalue weighted by Gasteiger charge is -2.34. The van der Waals surface area contributed by atoms with Crippen molar-refractivity contribution in [2.75, 3.05) is 13.1 Å². The van der Waals surface area contributed by atoms with Gasteiger partial charge in [0.1, 0.15) is 0 Å². The zero-order valence-corrected chi connectivity index (χ0v) is 10.8. The third-order valence-electron chi connectivity index (χ3n) is 2.74. The summed E-state index contributed by atoms with van der Waals surface area (Å²) in [6.45, 7) is 5.81. The molecule has 1 saturated heterocycles. The van der Waals surface area contributed by atoms with Crippen molar-refractivity contribution in [3.8, 4) is 0 Å². The Balaban J connectivity index is 2.14. The molecule has 1 amide bonds. The van der Waals surface area contributed by atoms with Crippen LogP contribution in [0.1, 0.15) is 24.2 Å². The quantitative estimate of drug-likeness (QED) is 0.820. The molecule has 92 valence electrons. The molecule has 0 saturated carbocycles. The van der Waals surface area contributed by atoms with Gasteiger partial charge in [-0.3, -0.25) is 9.59 Å². The first-order valence-electron chi connectivity index (χ1n) is 5.69. The van der Waals surface area contributed by atoms with Gasteiger partial charge in [0.15, 0.2) is 0 Å². The van der Waals surface area contributed by atoms with E-state index in [-0.39, 0.29) is 11.5 Å². The number of H-pyrrole nitrogens is 1. The molecule has 0 aliphatic carbocycles. The number of pyridine rings is 1. The summed E-state index contributed by atoms with van der Waals surface area (Å²) in [5, 5.41) is 0.927. The van der Waals surface area contributed by atoms with Gasteiger partial charge in [-0.2, -0.15) is 11.8 Å². The molecule has 1 aromatic rings. The monoisotopic (exact) mass is 252 g/mol. The molecule has 5 heteroatoms. The fourth-order valence-electron chi connectivity index (χ4n) is 2.07. The standard InChI is InChI=1S/C12H16N2O2S/c1-8-6-14(7-9(2)17-8)12(16)10-3-4-11(15)13-5-10/h3-5,8-9H,6-7H2,1-2H3,(H,13,15). The van der Waals surface area contributed by atoms with E-state index < -0.39 is 0 Å². The topological polar surface area (TPSA) is 53.2 Å². The van der Waals surface area contributed by atoms with Crippen molar-refractivity contribution in [3.05, 3.63) is 34.2 Å². The Morgan fingerprint density at radius 1 is 1.35 bits per heavy atom. The molecule has 2 unspecified atom stereocenters. The minimum Gasteiger partial charge on any atom is -0.336 e. The minimum atomic E-state index is -0.183. The molecule has 0 radical (unpaired) electrons. The number of aromatic amines is 1. The molecule has 1 aromatic heterocycles. The Hall–Kier alpha value is -1.23. The highest BCUT2D eigenvalue weighted by molar-refractivity contribution is 8.00. The smallest absolute Gasteiger partial charge is 0.255 e. The number of rotatable bonds is 1. The largest absolute Gasteiger partial charge is 0.336 e. The number of hydrogen-bond donors (Lipinski definition) is 1. The Bertz CT molecular complexity index is 441. The number of thioether (sulfide) groups is 1. The maximum Gasteiger partial charge on any atom is 0.255 e. The lowest BCUT2D eigenvalue weighted by Crippen LogP contribution is -2.44. The molecule has 2 rings (SSSR count). The van der Waals surface area contributed by atoms with Gasteiger partial charge in [0.25, 0.3) is 5.91 Å². The SMILES string of the molecule is CC1CN(C(=O)c2ccc(=O)[nH]c2)CC(C)S1. The molecule has 1 aliphatic rings. The van der Waals surface area contributed by atoms with Crippen molar-refractivity contribution < 1.29 is 4.79 Å². The van der Waals surface area contributed by atoms with Crippen LogP contribution in [0.2, 0.25) is 0 Å². The van der Waals surface area contributed by atoms with Crippen molar-refractivity contribution in [3.63, 3.8) is 0 Å². The molecule has 0 aromatic carbocycles. The Morgan fingerprint density at radius 2 is 2.00 bits per heavy atom. The molecule has 0 bridgehead atoms. The fourth-order valence-corrected chi connectivity index (χ4v) is 3.40. The third-order valence-corrected chi connectivity index (χ3v) is 3.97. The number of nitrogens with one attached hydrogen (secondary N) is 1. The zero-order chi connectivity index (χ0) is 12.4. The van der Waals surface area contributed by atoms with Gasteiger partial charge in [-0.15, -0.1) is 0 Å². The van der Waals surface area contributed by atoms with E-state index in [1.54, 1.807) is 6.07 Å². The van der Waals surface area contributed by atoms with Gasteiger partial charge < -0.3 is 9.88 Å². The van der Waals surface area contributed by atoms with Gasteiger partial charge in [-0.05, 0) is 6.07 Å². The molecule has 1 N–H and O–H groups in total. The van der Waals surface area contributed by atoms with Gasteiger partial charge in [0.2, 0.25) is 5.56 Å². The third kappa shape index (κ3) is 2.91. The molecule has 1 aliphatic heterocycles. The Morgan fingerprint density at radius 3 is 2.53 bits per heavy atom. The van der Waals surface area contributed by atoms with Crippen LogP contribution >= 0.6 is 11.8 Å². The lowest BCUT2D eigenvalue weighted by molar-refractivity contribution is 0.0753. The summed E-state index contributed by atoms with van der Waals surface area (Å²) in [4.78, 5) is 27.5. The highest BCUT2D eigenvalue weighted by atomic mass is 32.2. The summed E-state index contributed by atoms with van der Waals surface area (Å²) in [6.07, 6.45) is 1.49. The second-order valence-electron chi connectivity index (χ2n) is 4.41. The highest BCUT2D eigenvalue weighted by Gasteiger charge is 2.26. The molecule has 17 heavy (non-hydrogen) atoms. The normalized spacial score (nSPS) is 24.7. The number of carbonyl (C=O) groups excluding carboxylic acids is 1. The van der Waals surface area contributed by atoms with E-state index in [0.29, 0.717) is 16.1 Å². The van der Waals surface area contributed by atoms with Gasteiger partial charge >= 0.3 is 0 Å². The first-order valence-corrected chi connectivity index (χ1v) is 6.64. The van der Waals surface area contributed by atoms with Gasteiger partial charge in [-0.1, -0.05) is 13.8 Å². The average molecular weight is 252 g/mol. The first-order chi connectivity index (χ1) is 8.06. The average Bonchev–Trinajstić information content (AvgIpc) is 2.28. The summed E-state index contributed by atoms with van der Waals surface area (Å²) < 4.78 is 0. The van der Waals surface area contributed by atoms with Crippen molar-refractivity contribution in [1.82, 2.24) is 9.88 Å². The number of aromatic nitrogens is 1. The van der Waals surface area contributed by atoms with Crippen LogP contribution in [0.25, 0.3) is 0 Å². The van der Waals surface area contributed by atoms with Crippen LogP contribution < -0.4 is 5.56 Å². The Kier molecular flexibility index (Phi) is 3.57. The van der Waals surface area contributed by atoms with Crippen LogP contribution in [-0.2, 0) is 0 Å². The maximum atomic E-state index is 12.2. The number of amides is 1. The van der Waals surface area contributed by atoms with E-state index in [1.807, 2.05) is 16.7 Å². The van der Waals surface area contributed by atoms with Gasteiger partial charge in [-0.25, -0.2) is 0 Å². The van der Waals surface area contributed by atoms with E-state index in [2.05, 4.69) is 18.8 Å². The van der Waals surface area contributed by atoms with Crippen LogP contribution in [0.4, 0.5) is 0 Å². The first kappa shape index (κ1) is 12.2. The second kappa shape index (κ2) is 4.96. The van der Waals surface area contributed by atoms with E-state index in [1.165, 1.54) is 12.3 Å². The molecular formula is C12H16N2O2S. The van der Waals surface area contributed by atoms with Crippen molar-refractivity contribution in [2.24, 2.45) is 0 Å². The van der Waals surface area contributed by atoms with Crippen molar-refractivity contribution >= 4 is 17.7 Å². The van der Waals surface area contributed by atoms with Crippen LogP contribution in [0, 0.1) is 0 Å². The van der Waals surface area contributed by atoms with Crippen LogP contribution in [-0.4, -0.2) is 39.4 Å². The van der Waals surface area contributed by atoms with E-state index in [9.17, 15) is 9.59 Å². The minimum absolute atomic E-state index is 0.000231. The highest BCUT2D eigenvalue weighted by Crippen LogP contribution is 2.25. The van der Waals surface area contributed by atoms with E-state index in [4.69, 9.17) is 0 Å². The summed E-state index contributed by atoms with van der Waals surface area (Å²) in [7, 11) is 0. The fraction of sp³-hybridized carbons (Fsp3) is 0.500. The van der Waals surface area contributed by atoms with Crippen molar-refractivity contribution in [1.29, 1.82) is 0 Å². The second-order valence-corrected chi connectivity index (χ2v) is 6.29. The summed E-state index contributed by atoms with van der Waals surface area (Å²) in [6, 6.07) is 2.97. The van der Waals surface area contributed by atoms with Crippen LogP contribution in [0.5, 0.6) is 0 Å². The summed E-state index contributed by atoms with van der Waals surface area (Å²) in [5.41, 5.74) is 0.369. The zero-order valence-electron chi connectivity index (χ0n) is 9.97. The lowest BCUT2D eigenvalue weighted by atomic mass is 10.2. The number of nitrogens with zero attached hydrogens (tertiary/aromatic N) is 1. The van der Waals surface area contributed by atoms with E-state index >= 15 is 0 Å². The number of carbonyl (C=O) groups is 1. The molecular weight excluding hydrogens is 236 g/mol. The van der Waals surface area contributed by atoms with Gasteiger partial charge in [0.05, 0.1) is 5.56 Å². The van der Waals surface area contributed by atoms with Crippen LogP contribution in [0.3, 0.4) is 0 Å². The maximum absolute atomic E-state index is 12.2. The molecule has 2 atom stereocenters. The van der Waals surface area contributed by atoms with Gasteiger partial charge in [0, 0.05) is 35.9 Å². The molecule has 4 nitrogen and oxygen atoms in total. The molecule has 1 fully saturated rings. The predicted octanol–water partition coefficient (Wildman–Crippen LogP) is 1.34. The Labute approximate surface area is 104 Å². The summed E-state index contributed by atoms with van der Waals surface area (Å²) >= 11 is 1.91. The van der Waals surface area contributed by atoms with Crippen LogP contribution in [0.15, 0.2) is 23.1 Å².